The average molecular weight is 320 g/mol. The van der Waals surface area contributed by atoms with Gasteiger partial charge in [0.05, 0.1) is 0 Å². The van der Waals surface area contributed by atoms with E-state index in [2.05, 4.69) is 39.3 Å². The van der Waals surface area contributed by atoms with Crippen LogP contribution in [0.5, 0.6) is 0 Å². The second-order valence-electron chi connectivity index (χ2n) is 8.85. The van der Waals surface area contributed by atoms with E-state index >= 15 is 0 Å². The third-order valence-electron chi connectivity index (χ3n) is 6.93. The predicted molar refractivity (Wildman–Crippen MR) is 103 cm³/mol. The van der Waals surface area contributed by atoms with E-state index in [0.29, 0.717) is 6.04 Å². The average Bonchev–Trinajstić information content (AvgIpc) is 2.55. The van der Waals surface area contributed by atoms with Gasteiger partial charge in [-0.1, -0.05) is 58.6 Å². The zero-order chi connectivity index (χ0) is 16.8. The number of hydrogen-bond acceptors (Lipinski definition) is 1. The van der Waals surface area contributed by atoms with E-state index in [9.17, 15) is 0 Å². The molecule has 0 amide bonds. The first-order chi connectivity index (χ1) is 11.0. The maximum Gasteiger partial charge on any atom is 0.0301 e. The van der Waals surface area contributed by atoms with Crippen molar-refractivity contribution in [3.05, 3.63) is 12.2 Å². The molecule has 1 aliphatic carbocycles. The van der Waals surface area contributed by atoms with Gasteiger partial charge in [0.15, 0.2) is 0 Å². The Morgan fingerprint density at radius 1 is 1.22 bits per heavy atom. The molecule has 1 saturated heterocycles. The van der Waals surface area contributed by atoms with E-state index in [1.807, 2.05) is 0 Å². The Balaban J connectivity index is 1.70. The van der Waals surface area contributed by atoms with Crippen molar-refractivity contribution in [1.82, 2.24) is 4.90 Å². The fourth-order valence-electron chi connectivity index (χ4n) is 5.17. The molecule has 0 bridgehead atoms. The van der Waals surface area contributed by atoms with Crippen LogP contribution < -0.4 is 0 Å². The third-order valence-corrected chi connectivity index (χ3v) is 6.93. The Bertz CT molecular complexity index is 361. The molecule has 1 nitrogen and oxygen atoms in total. The first-order valence-corrected chi connectivity index (χ1v) is 10.4. The van der Waals surface area contributed by atoms with Gasteiger partial charge in [-0.05, 0) is 75.8 Å². The van der Waals surface area contributed by atoms with E-state index in [4.69, 9.17) is 0 Å². The van der Waals surface area contributed by atoms with Crippen LogP contribution in [0.25, 0.3) is 0 Å². The minimum absolute atomic E-state index is 0.663. The van der Waals surface area contributed by atoms with Crippen molar-refractivity contribution in [2.45, 2.75) is 91.0 Å². The van der Waals surface area contributed by atoms with Crippen LogP contribution in [0.15, 0.2) is 12.2 Å². The minimum Gasteiger partial charge on any atom is -0.300 e. The highest BCUT2D eigenvalue weighted by Gasteiger charge is 2.27. The Morgan fingerprint density at radius 3 is 2.70 bits per heavy atom. The standard InChI is InChI=1S/C22H41N/c1-6-21-16-20(13-12-18(21)3)15-17(2)10-11-19(4)22-9-7-8-14-23(22)5/h17-18,20-22H,4,6-16H2,1-3,5H3/t17-,18?,20-,21+,22?/m0/s1. The summed E-state index contributed by atoms with van der Waals surface area (Å²) in [7, 11) is 2.28. The summed E-state index contributed by atoms with van der Waals surface area (Å²) in [5.41, 5.74) is 1.50. The summed E-state index contributed by atoms with van der Waals surface area (Å²) in [6.07, 6.45) is 14.0. The van der Waals surface area contributed by atoms with Crippen LogP contribution in [0.1, 0.15) is 85.0 Å². The Hall–Kier alpha value is -0.300. The molecule has 0 spiro atoms. The van der Waals surface area contributed by atoms with Gasteiger partial charge in [0.25, 0.3) is 0 Å². The van der Waals surface area contributed by atoms with Crippen molar-refractivity contribution in [2.24, 2.45) is 23.7 Å². The van der Waals surface area contributed by atoms with Crippen molar-refractivity contribution in [1.29, 1.82) is 0 Å². The van der Waals surface area contributed by atoms with Crippen LogP contribution in [0, 0.1) is 23.7 Å². The lowest BCUT2D eigenvalue weighted by molar-refractivity contribution is 0.165. The van der Waals surface area contributed by atoms with Gasteiger partial charge < -0.3 is 0 Å². The fraction of sp³-hybridized carbons (Fsp3) is 0.909. The van der Waals surface area contributed by atoms with Crippen molar-refractivity contribution < 1.29 is 0 Å². The van der Waals surface area contributed by atoms with Crippen molar-refractivity contribution in [3.63, 3.8) is 0 Å². The molecule has 2 rings (SSSR count). The molecule has 0 aromatic carbocycles. The third kappa shape index (κ3) is 5.62. The molecule has 0 N–H and O–H groups in total. The smallest absolute Gasteiger partial charge is 0.0301 e. The SMILES string of the molecule is C=C(CC[C@H](C)C[C@@H]1CCC(C)[C@H](CC)C1)C1CCCCN1C. The van der Waals surface area contributed by atoms with Gasteiger partial charge in [0.1, 0.15) is 0 Å². The van der Waals surface area contributed by atoms with Crippen molar-refractivity contribution in [3.8, 4) is 0 Å². The topological polar surface area (TPSA) is 3.24 Å². The summed E-state index contributed by atoms with van der Waals surface area (Å²) >= 11 is 0. The number of likely N-dealkylation sites (N-methyl/N-ethyl adjacent to an activating group) is 1. The molecule has 1 saturated carbocycles. The van der Waals surface area contributed by atoms with Gasteiger partial charge in [-0.25, -0.2) is 0 Å². The quantitative estimate of drug-likeness (QED) is 0.498. The maximum absolute atomic E-state index is 4.44. The van der Waals surface area contributed by atoms with Gasteiger partial charge in [-0.3, -0.25) is 4.90 Å². The zero-order valence-corrected chi connectivity index (χ0v) is 16.3. The molecule has 23 heavy (non-hydrogen) atoms. The zero-order valence-electron chi connectivity index (χ0n) is 16.3. The van der Waals surface area contributed by atoms with Crippen LogP contribution in [0.2, 0.25) is 0 Å². The largest absolute Gasteiger partial charge is 0.300 e. The Labute approximate surface area is 145 Å². The first-order valence-electron chi connectivity index (χ1n) is 10.4. The number of rotatable bonds is 7. The van der Waals surface area contributed by atoms with E-state index in [1.54, 1.807) is 0 Å². The molecule has 2 aliphatic rings. The molecule has 2 fully saturated rings. The summed E-state index contributed by atoms with van der Waals surface area (Å²) in [4.78, 5) is 2.53. The van der Waals surface area contributed by atoms with Crippen molar-refractivity contribution in [2.75, 3.05) is 13.6 Å². The Morgan fingerprint density at radius 2 is 2.00 bits per heavy atom. The van der Waals surface area contributed by atoms with Gasteiger partial charge in [0.2, 0.25) is 0 Å². The molecule has 0 radical (unpaired) electrons. The maximum atomic E-state index is 4.44. The molecule has 5 atom stereocenters. The molecule has 1 heteroatoms. The van der Waals surface area contributed by atoms with Gasteiger partial charge in [-0.15, -0.1) is 0 Å². The summed E-state index contributed by atoms with van der Waals surface area (Å²) < 4.78 is 0. The van der Waals surface area contributed by atoms with Crippen LogP contribution in [-0.2, 0) is 0 Å². The molecular weight excluding hydrogens is 278 g/mol. The molecule has 0 aromatic rings. The van der Waals surface area contributed by atoms with Crippen LogP contribution >= 0.6 is 0 Å². The highest BCUT2D eigenvalue weighted by Crippen LogP contribution is 2.39. The molecular formula is C22H41N. The lowest BCUT2D eigenvalue weighted by atomic mass is 9.71. The summed E-state index contributed by atoms with van der Waals surface area (Å²) in [5.74, 6) is 3.83. The number of hydrogen-bond donors (Lipinski definition) is 0. The second kappa shape index (κ2) is 9.25. The fourth-order valence-corrected chi connectivity index (χ4v) is 5.17. The number of piperidine rings is 1. The Kier molecular flexibility index (Phi) is 7.66. The van der Waals surface area contributed by atoms with E-state index < -0.39 is 0 Å². The summed E-state index contributed by atoms with van der Waals surface area (Å²) in [5, 5.41) is 0. The summed E-state index contributed by atoms with van der Waals surface area (Å²) in [6.45, 7) is 13.0. The number of likely N-dealkylation sites (tertiary alicyclic amines) is 1. The molecule has 134 valence electrons. The normalized spacial score (nSPS) is 34.3. The van der Waals surface area contributed by atoms with Crippen molar-refractivity contribution >= 4 is 0 Å². The van der Waals surface area contributed by atoms with Crippen LogP contribution in [-0.4, -0.2) is 24.5 Å². The number of nitrogens with zero attached hydrogens (tertiary/aromatic N) is 1. The van der Waals surface area contributed by atoms with Crippen LogP contribution in [0.4, 0.5) is 0 Å². The molecule has 0 aromatic heterocycles. The molecule has 1 aliphatic heterocycles. The van der Waals surface area contributed by atoms with Crippen LogP contribution in [0.3, 0.4) is 0 Å². The lowest BCUT2D eigenvalue weighted by Crippen LogP contribution is -2.37. The van der Waals surface area contributed by atoms with Gasteiger partial charge in [0, 0.05) is 6.04 Å². The monoisotopic (exact) mass is 319 g/mol. The second-order valence-corrected chi connectivity index (χ2v) is 8.85. The first kappa shape index (κ1) is 19.0. The van der Waals surface area contributed by atoms with E-state index in [1.165, 1.54) is 76.3 Å². The van der Waals surface area contributed by atoms with Gasteiger partial charge >= 0.3 is 0 Å². The molecule has 1 heterocycles. The lowest BCUT2D eigenvalue weighted by Gasteiger charge is -2.36. The molecule has 2 unspecified atom stereocenters. The highest BCUT2D eigenvalue weighted by atomic mass is 15.1. The predicted octanol–water partition coefficient (Wildman–Crippen LogP) is 6.30. The van der Waals surface area contributed by atoms with E-state index in [-0.39, 0.29) is 0 Å². The highest BCUT2D eigenvalue weighted by molar-refractivity contribution is 5.07. The summed E-state index contributed by atoms with van der Waals surface area (Å²) in [6, 6.07) is 0.663. The van der Waals surface area contributed by atoms with Gasteiger partial charge in [-0.2, -0.15) is 0 Å². The minimum atomic E-state index is 0.663. The van der Waals surface area contributed by atoms with E-state index in [0.717, 1.165) is 23.7 Å².